The van der Waals surface area contributed by atoms with Crippen LogP contribution < -0.4 is 0 Å². The van der Waals surface area contributed by atoms with Crippen molar-refractivity contribution in [2.45, 2.75) is 73.1 Å². The summed E-state index contributed by atoms with van der Waals surface area (Å²) in [5.74, 6) is 1.32. The van der Waals surface area contributed by atoms with Gasteiger partial charge in [-0.3, -0.25) is 0 Å². The lowest BCUT2D eigenvalue weighted by molar-refractivity contribution is 0.413. The van der Waals surface area contributed by atoms with Crippen LogP contribution in [0.3, 0.4) is 0 Å². The normalized spacial score (nSPS) is 18.7. The van der Waals surface area contributed by atoms with Crippen LogP contribution in [-0.4, -0.2) is 0 Å². The van der Waals surface area contributed by atoms with E-state index in [9.17, 15) is 0 Å². The Morgan fingerprint density at radius 2 is 2.00 bits per heavy atom. The highest BCUT2D eigenvalue weighted by atomic mass is 14.3. The van der Waals surface area contributed by atoms with Crippen molar-refractivity contribution in [3.8, 4) is 0 Å². The van der Waals surface area contributed by atoms with Gasteiger partial charge in [0.15, 0.2) is 0 Å². The van der Waals surface area contributed by atoms with Gasteiger partial charge in [-0.25, -0.2) is 0 Å². The lowest BCUT2D eigenvalue weighted by atomic mass is 9.81. The van der Waals surface area contributed by atoms with E-state index in [2.05, 4.69) is 84.5 Å². The molecule has 1 aliphatic carbocycles. The summed E-state index contributed by atoms with van der Waals surface area (Å²) in [4.78, 5) is 0. The minimum absolute atomic E-state index is 0.279. The second-order valence-corrected chi connectivity index (χ2v) is 9.15. The Kier molecular flexibility index (Phi) is 6.49. The third-order valence-electron chi connectivity index (χ3n) is 5.12. The highest BCUT2D eigenvalue weighted by molar-refractivity contribution is 5.76. The molecule has 0 saturated heterocycles. The molecule has 0 spiro atoms. The largest absolute Gasteiger partial charge is 0.0911 e. The molecule has 25 heavy (non-hydrogen) atoms. The molecule has 0 aromatic heterocycles. The quantitative estimate of drug-likeness (QED) is 0.483. The first-order valence-corrected chi connectivity index (χ1v) is 9.86. The van der Waals surface area contributed by atoms with E-state index in [0.717, 1.165) is 12.0 Å². The van der Waals surface area contributed by atoms with Gasteiger partial charge in [0.1, 0.15) is 0 Å². The summed E-state index contributed by atoms with van der Waals surface area (Å²) in [5, 5.41) is 0. The van der Waals surface area contributed by atoms with E-state index >= 15 is 0 Å². The smallest absolute Gasteiger partial charge is 0.0133 e. The monoisotopic (exact) mass is 336 g/mol. The van der Waals surface area contributed by atoms with Crippen LogP contribution in [0.4, 0.5) is 0 Å². The molecule has 0 nitrogen and oxygen atoms in total. The van der Waals surface area contributed by atoms with Crippen LogP contribution in [0.5, 0.6) is 0 Å². The van der Waals surface area contributed by atoms with Gasteiger partial charge in [-0.15, -0.1) is 0 Å². The van der Waals surface area contributed by atoms with Gasteiger partial charge in [-0.1, -0.05) is 77.6 Å². The maximum Gasteiger partial charge on any atom is -0.0133 e. The zero-order valence-corrected chi connectivity index (χ0v) is 17.2. The van der Waals surface area contributed by atoms with Gasteiger partial charge in [0.25, 0.3) is 0 Å². The first-order chi connectivity index (χ1) is 11.7. The highest BCUT2D eigenvalue weighted by Gasteiger charge is 2.22. The van der Waals surface area contributed by atoms with Crippen molar-refractivity contribution in [1.29, 1.82) is 0 Å². The van der Waals surface area contributed by atoms with Crippen molar-refractivity contribution >= 4 is 5.57 Å². The molecule has 0 aliphatic heterocycles. The number of fused-ring (bicyclic) bond motifs is 2. The van der Waals surface area contributed by atoms with Crippen LogP contribution in [0.25, 0.3) is 5.57 Å². The van der Waals surface area contributed by atoms with Crippen LogP contribution in [-0.2, 0) is 6.42 Å². The summed E-state index contributed by atoms with van der Waals surface area (Å²) in [6.45, 7) is 18.2. The second kappa shape index (κ2) is 8.21. The molecule has 1 aromatic carbocycles. The van der Waals surface area contributed by atoms with E-state index in [1.165, 1.54) is 41.5 Å². The van der Waals surface area contributed by atoms with Crippen molar-refractivity contribution in [3.63, 3.8) is 0 Å². The van der Waals surface area contributed by atoms with Crippen molar-refractivity contribution in [2.75, 3.05) is 0 Å². The van der Waals surface area contributed by atoms with Gasteiger partial charge in [0, 0.05) is 0 Å². The molecule has 136 valence electrons. The molecule has 0 heterocycles. The van der Waals surface area contributed by atoms with Gasteiger partial charge >= 0.3 is 0 Å². The van der Waals surface area contributed by atoms with Crippen LogP contribution in [0.2, 0.25) is 0 Å². The summed E-state index contributed by atoms with van der Waals surface area (Å²) < 4.78 is 0. The second-order valence-electron chi connectivity index (χ2n) is 9.15. The third kappa shape index (κ3) is 5.46. The van der Waals surface area contributed by atoms with E-state index in [0.29, 0.717) is 11.8 Å². The molecule has 1 aliphatic rings. The molecule has 0 N–H and O–H groups in total. The fraction of sp³-hybridized carbons (Fsp3) is 0.520. The molecule has 1 unspecified atom stereocenters. The molecule has 1 aromatic rings. The fourth-order valence-electron chi connectivity index (χ4n) is 4.03. The van der Waals surface area contributed by atoms with Gasteiger partial charge in [0.2, 0.25) is 0 Å². The molecule has 1 atom stereocenters. The Balaban J connectivity index is 2.41. The van der Waals surface area contributed by atoms with Crippen LogP contribution in [0.15, 0.2) is 48.6 Å². The standard InChI is InChI=1S/C25H36/c1-8-10-21(17-25(5,6)7)15-19(4)23-14-13-20-11-9-12-22(18(2)3)24(23)16-20/h8,10,13-16,18,22H,4,9,11-12,17H2,1-3,5-7H3/b10-8-,21-15+. The van der Waals surface area contributed by atoms with E-state index < -0.39 is 0 Å². The van der Waals surface area contributed by atoms with E-state index in [4.69, 9.17) is 0 Å². The predicted octanol–water partition coefficient (Wildman–Crippen LogP) is 7.71. The van der Waals surface area contributed by atoms with Crippen LogP contribution >= 0.6 is 0 Å². The number of aryl methyl sites for hydroxylation is 1. The first-order valence-electron chi connectivity index (χ1n) is 9.86. The molecular formula is C25H36. The summed E-state index contributed by atoms with van der Waals surface area (Å²) in [5.41, 5.74) is 7.16. The number of allylic oxidation sites excluding steroid dienone is 5. The molecule has 0 radical (unpaired) electrons. The Morgan fingerprint density at radius 3 is 2.60 bits per heavy atom. The summed E-state index contributed by atoms with van der Waals surface area (Å²) in [7, 11) is 0. The number of hydrogen-bond acceptors (Lipinski definition) is 0. The number of hydrogen-bond donors (Lipinski definition) is 0. The summed E-state index contributed by atoms with van der Waals surface area (Å²) >= 11 is 0. The minimum Gasteiger partial charge on any atom is -0.0911 e. The lowest BCUT2D eigenvalue weighted by Crippen LogP contribution is -2.08. The van der Waals surface area contributed by atoms with Crippen molar-refractivity contribution < 1.29 is 0 Å². The molecular weight excluding hydrogens is 300 g/mol. The average Bonchev–Trinajstić information content (AvgIpc) is 2.65. The number of benzene rings is 1. The Morgan fingerprint density at radius 1 is 1.28 bits per heavy atom. The molecule has 0 saturated carbocycles. The van der Waals surface area contributed by atoms with Gasteiger partial charge < -0.3 is 0 Å². The summed E-state index contributed by atoms with van der Waals surface area (Å²) in [6, 6.07) is 7.07. The van der Waals surface area contributed by atoms with Crippen LogP contribution in [0, 0.1) is 11.3 Å². The zero-order chi connectivity index (χ0) is 18.6. The van der Waals surface area contributed by atoms with E-state index in [1.807, 2.05) is 0 Å². The Labute approximate surface area is 155 Å². The van der Waals surface area contributed by atoms with Gasteiger partial charge in [-0.2, -0.15) is 0 Å². The van der Waals surface area contributed by atoms with Gasteiger partial charge in [-0.05, 0) is 77.7 Å². The van der Waals surface area contributed by atoms with Crippen molar-refractivity contribution in [1.82, 2.24) is 0 Å². The first kappa shape index (κ1) is 19.8. The number of rotatable bonds is 5. The Hall–Kier alpha value is -1.56. The van der Waals surface area contributed by atoms with E-state index in [-0.39, 0.29) is 5.41 Å². The van der Waals surface area contributed by atoms with Crippen LogP contribution in [0.1, 0.15) is 83.4 Å². The molecule has 0 heteroatoms. The maximum atomic E-state index is 4.45. The topological polar surface area (TPSA) is 0 Å². The molecule has 0 amide bonds. The zero-order valence-electron chi connectivity index (χ0n) is 17.2. The highest BCUT2D eigenvalue weighted by Crippen LogP contribution is 2.38. The molecule has 2 rings (SSSR count). The fourth-order valence-corrected chi connectivity index (χ4v) is 4.03. The third-order valence-corrected chi connectivity index (χ3v) is 5.12. The van der Waals surface area contributed by atoms with Gasteiger partial charge in [0.05, 0.1) is 0 Å². The van der Waals surface area contributed by atoms with E-state index in [1.54, 1.807) is 0 Å². The maximum absolute atomic E-state index is 4.45. The molecule has 2 bridgehead atoms. The van der Waals surface area contributed by atoms with Crippen molar-refractivity contribution in [3.05, 3.63) is 65.3 Å². The molecule has 0 fully saturated rings. The average molecular weight is 337 g/mol. The predicted molar refractivity (Wildman–Crippen MR) is 113 cm³/mol. The summed E-state index contributed by atoms with van der Waals surface area (Å²) in [6.07, 6.45) is 11.6. The van der Waals surface area contributed by atoms with Crippen molar-refractivity contribution in [2.24, 2.45) is 11.3 Å². The Bertz CT molecular complexity index is 662. The lowest BCUT2D eigenvalue weighted by Gasteiger charge is -2.23. The SMILES string of the molecule is C=C(/C=C(\C=C/C)CC(C)(C)C)c1ccc2cc1C(C(C)C)CCC2. The minimum atomic E-state index is 0.279.